The van der Waals surface area contributed by atoms with Gasteiger partial charge >= 0.3 is 6.01 Å². The van der Waals surface area contributed by atoms with E-state index in [0.29, 0.717) is 30.5 Å². The number of nitrogen functional groups attached to an aromatic ring is 1. The topological polar surface area (TPSA) is 77.2 Å². The van der Waals surface area contributed by atoms with Crippen molar-refractivity contribution < 1.29 is 4.74 Å². The van der Waals surface area contributed by atoms with Crippen LogP contribution in [0.15, 0.2) is 0 Å². The molecule has 20 heavy (non-hydrogen) atoms. The van der Waals surface area contributed by atoms with Crippen molar-refractivity contribution in [3.05, 3.63) is 0 Å². The van der Waals surface area contributed by atoms with E-state index in [0.717, 1.165) is 19.4 Å². The maximum atomic E-state index is 5.77. The van der Waals surface area contributed by atoms with Gasteiger partial charge in [0, 0.05) is 12.6 Å². The molecule has 0 bridgehead atoms. The third kappa shape index (κ3) is 4.51. The predicted octanol–water partition coefficient (Wildman–Crippen LogP) is 2.50. The van der Waals surface area contributed by atoms with Crippen LogP contribution in [0, 0.1) is 5.92 Å². The highest BCUT2D eigenvalue weighted by Crippen LogP contribution is 2.20. The van der Waals surface area contributed by atoms with E-state index in [2.05, 4.69) is 47.5 Å². The summed E-state index contributed by atoms with van der Waals surface area (Å²) in [5.74, 6) is 1.34. The number of anilines is 2. The van der Waals surface area contributed by atoms with Crippen molar-refractivity contribution in [1.82, 2.24) is 15.0 Å². The highest BCUT2D eigenvalue weighted by molar-refractivity contribution is 5.37. The average Bonchev–Trinajstić information content (AvgIpc) is 2.38. The van der Waals surface area contributed by atoms with Crippen molar-refractivity contribution in [2.75, 3.05) is 23.8 Å². The molecule has 0 amide bonds. The molecule has 0 aliphatic rings. The molecule has 2 N–H and O–H groups in total. The van der Waals surface area contributed by atoms with Gasteiger partial charge in [-0.25, -0.2) is 0 Å². The lowest BCUT2D eigenvalue weighted by atomic mass is 10.1. The number of hydrogen-bond donors (Lipinski definition) is 1. The molecule has 114 valence electrons. The van der Waals surface area contributed by atoms with E-state index in [-0.39, 0.29) is 5.95 Å². The van der Waals surface area contributed by atoms with Gasteiger partial charge in [0.25, 0.3) is 0 Å². The first kappa shape index (κ1) is 16.5. The zero-order chi connectivity index (χ0) is 15.1. The lowest BCUT2D eigenvalue weighted by Gasteiger charge is -2.32. The standard InChI is InChI=1S/C14H27N5O/c1-6-11(7-2)19(9-10(4)5)13-16-12(15)17-14(18-13)20-8-3/h10-11H,6-9H2,1-5H3,(H2,15,16,17,18). The molecule has 0 aliphatic carbocycles. The largest absolute Gasteiger partial charge is 0.464 e. The Bertz CT molecular complexity index is 407. The Hall–Kier alpha value is -1.59. The van der Waals surface area contributed by atoms with Gasteiger partial charge in [0.1, 0.15) is 0 Å². The number of hydrogen-bond acceptors (Lipinski definition) is 6. The number of nitrogens with zero attached hydrogens (tertiary/aromatic N) is 4. The van der Waals surface area contributed by atoms with Gasteiger partial charge in [-0.2, -0.15) is 15.0 Å². The Morgan fingerprint density at radius 1 is 1.10 bits per heavy atom. The molecule has 1 aromatic heterocycles. The van der Waals surface area contributed by atoms with Gasteiger partial charge in [0.05, 0.1) is 6.61 Å². The molecule has 0 aromatic carbocycles. The molecule has 6 heteroatoms. The smallest absolute Gasteiger partial charge is 0.323 e. The van der Waals surface area contributed by atoms with E-state index in [1.54, 1.807) is 0 Å². The van der Waals surface area contributed by atoms with Crippen molar-refractivity contribution in [1.29, 1.82) is 0 Å². The van der Waals surface area contributed by atoms with Gasteiger partial charge in [0.2, 0.25) is 11.9 Å². The van der Waals surface area contributed by atoms with E-state index >= 15 is 0 Å². The van der Waals surface area contributed by atoms with Gasteiger partial charge in [-0.05, 0) is 25.7 Å². The normalized spacial score (nSPS) is 11.2. The summed E-state index contributed by atoms with van der Waals surface area (Å²) in [6.07, 6.45) is 2.08. The zero-order valence-corrected chi connectivity index (χ0v) is 13.3. The zero-order valence-electron chi connectivity index (χ0n) is 13.3. The molecule has 0 spiro atoms. The van der Waals surface area contributed by atoms with Crippen molar-refractivity contribution in [2.24, 2.45) is 5.92 Å². The highest BCUT2D eigenvalue weighted by atomic mass is 16.5. The lowest BCUT2D eigenvalue weighted by Crippen LogP contribution is -2.38. The predicted molar refractivity (Wildman–Crippen MR) is 82.0 cm³/mol. The second-order valence-corrected chi connectivity index (χ2v) is 5.23. The summed E-state index contributed by atoms with van der Waals surface area (Å²) in [5, 5.41) is 0. The monoisotopic (exact) mass is 281 g/mol. The summed E-state index contributed by atoms with van der Waals surface area (Å²) in [6, 6.07) is 0.698. The van der Waals surface area contributed by atoms with Crippen LogP contribution in [-0.2, 0) is 0 Å². The number of nitrogens with two attached hydrogens (primary N) is 1. The molecular weight excluding hydrogens is 254 g/mol. The fourth-order valence-electron chi connectivity index (χ4n) is 2.20. The van der Waals surface area contributed by atoms with Crippen LogP contribution in [0.2, 0.25) is 0 Å². The number of rotatable bonds is 8. The lowest BCUT2D eigenvalue weighted by molar-refractivity contribution is 0.311. The summed E-state index contributed by atoms with van der Waals surface area (Å²) in [6.45, 7) is 12.0. The van der Waals surface area contributed by atoms with Gasteiger partial charge in [-0.15, -0.1) is 0 Å². The molecule has 6 nitrogen and oxygen atoms in total. The van der Waals surface area contributed by atoms with Crippen molar-refractivity contribution >= 4 is 11.9 Å². The minimum Gasteiger partial charge on any atom is -0.464 e. The SMILES string of the molecule is CCOc1nc(N)nc(N(CC(C)C)C(CC)CC)n1. The summed E-state index contributed by atoms with van der Waals surface area (Å²) < 4.78 is 5.36. The molecule has 0 saturated heterocycles. The molecular formula is C14H27N5O. The molecule has 1 rings (SSSR count). The first-order valence-electron chi connectivity index (χ1n) is 7.42. The van der Waals surface area contributed by atoms with E-state index in [9.17, 15) is 0 Å². The highest BCUT2D eigenvalue weighted by Gasteiger charge is 2.21. The average molecular weight is 281 g/mol. The van der Waals surface area contributed by atoms with Crippen LogP contribution in [0.1, 0.15) is 47.5 Å². The maximum absolute atomic E-state index is 5.77. The van der Waals surface area contributed by atoms with Gasteiger partial charge in [-0.3, -0.25) is 0 Å². The fourth-order valence-corrected chi connectivity index (χ4v) is 2.20. The molecule has 0 fully saturated rings. The van der Waals surface area contributed by atoms with Crippen molar-refractivity contribution in [2.45, 2.75) is 53.5 Å². The Morgan fingerprint density at radius 2 is 1.75 bits per heavy atom. The van der Waals surface area contributed by atoms with Crippen LogP contribution in [-0.4, -0.2) is 34.1 Å². The van der Waals surface area contributed by atoms with Crippen LogP contribution >= 0.6 is 0 Å². The molecule has 0 aliphatic heterocycles. The maximum Gasteiger partial charge on any atom is 0.323 e. The van der Waals surface area contributed by atoms with Gasteiger partial charge in [0.15, 0.2) is 0 Å². The first-order chi connectivity index (χ1) is 9.51. The van der Waals surface area contributed by atoms with Crippen LogP contribution in [0.3, 0.4) is 0 Å². The van der Waals surface area contributed by atoms with Crippen molar-refractivity contribution in [3.8, 4) is 6.01 Å². The minimum atomic E-state index is 0.207. The van der Waals surface area contributed by atoms with E-state index < -0.39 is 0 Å². The molecule has 0 saturated carbocycles. The summed E-state index contributed by atoms with van der Waals surface area (Å²) in [4.78, 5) is 14.9. The summed E-state index contributed by atoms with van der Waals surface area (Å²) >= 11 is 0. The number of aromatic nitrogens is 3. The van der Waals surface area contributed by atoms with Crippen LogP contribution in [0.5, 0.6) is 6.01 Å². The van der Waals surface area contributed by atoms with Gasteiger partial charge in [-0.1, -0.05) is 27.7 Å². The Kier molecular flexibility index (Phi) is 6.48. The Morgan fingerprint density at radius 3 is 2.25 bits per heavy atom. The molecule has 0 atom stereocenters. The summed E-state index contributed by atoms with van der Waals surface area (Å²) in [5.41, 5.74) is 5.77. The van der Waals surface area contributed by atoms with E-state index in [4.69, 9.17) is 10.5 Å². The van der Waals surface area contributed by atoms with Crippen LogP contribution < -0.4 is 15.4 Å². The Labute approximate surface area is 121 Å². The van der Waals surface area contributed by atoms with Crippen LogP contribution in [0.4, 0.5) is 11.9 Å². The van der Waals surface area contributed by atoms with E-state index in [1.807, 2.05) is 6.92 Å². The molecule has 0 unspecified atom stereocenters. The van der Waals surface area contributed by atoms with Gasteiger partial charge < -0.3 is 15.4 Å². The molecule has 1 heterocycles. The fraction of sp³-hybridized carbons (Fsp3) is 0.786. The third-order valence-electron chi connectivity index (χ3n) is 3.10. The second kappa shape index (κ2) is 7.87. The molecule has 0 radical (unpaired) electrons. The second-order valence-electron chi connectivity index (χ2n) is 5.23. The third-order valence-corrected chi connectivity index (χ3v) is 3.10. The van der Waals surface area contributed by atoms with E-state index in [1.165, 1.54) is 0 Å². The molecule has 1 aromatic rings. The summed E-state index contributed by atoms with van der Waals surface area (Å²) in [7, 11) is 0. The minimum absolute atomic E-state index is 0.207. The quantitative estimate of drug-likeness (QED) is 0.789. The van der Waals surface area contributed by atoms with Crippen LogP contribution in [0.25, 0.3) is 0 Å². The number of ether oxygens (including phenoxy) is 1. The first-order valence-corrected chi connectivity index (χ1v) is 7.42. The van der Waals surface area contributed by atoms with Crippen molar-refractivity contribution in [3.63, 3.8) is 0 Å². The Balaban J connectivity index is 3.11.